The van der Waals surface area contributed by atoms with Gasteiger partial charge in [0.25, 0.3) is 0 Å². The molecule has 0 N–H and O–H groups in total. The SMILES string of the molecule is O=C1CCC(=O)N1CCSc1ccc(F)c(Cl)c1. The molecule has 1 aromatic carbocycles. The molecule has 1 fully saturated rings. The molecule has 0 aliphatic carbocycles. The predicted molar refractivity (Wildman–Crippen MR) is 68.1 cm³/mol. The third kappa shape index (κ3) is 3.03. The lowest BCUT2D eigenvalue weighted by Crippen LogP contribution is -2.31. The Morgan fingerprint density at radius 1 is 1.28 bits per heavy atom. The van der Waals surface area contributed by atoms with Crippen molar-refractivity contribution in [1.82, 2.24) is 4.90 Å². The number of likely N-dealkylation sites (tertiary alicyclic amines) is 1. The second-order valence-corrected chi connectivity index (χ2v) is 5.44. The Balaban J connectivity index is 1.86. The second kappa shape index (κ2) is 5.71. The molecule has 3 nitrogen and oxygen atoms in total. The fraction of sp³-hybridized carbons (Fsp3) is 0.333. The summed E-state index contributed by atoms with van der Waals surface area (Å²) in [6, 6.07) is 4.46. The lowest BCUT2D eigenvalue weighted by molar-refractivity contribution is -0.137. The van der Waals surface area contributed by atoms with Gasteiger partial charge < -0.3 is 0 Å². The van der Waals surface area contributed by atoms with Crippen molar-refractivity contribution in [3.05, 3.63) is 29.0 Å². The largest absolute Gasteiger partial charge is 0.282 e. The molecule has 1 aliphatic heterocycles. The first-order valence-corrected chi connectivity index (χ1v) is 6.85. The van der Waals surface area contributed by atoms with Crippen LogP contribution in [0.25, 0.3) is 0 Å². The maximum absolute atomic E-state index is 12.9. The van der Waals surface area contributed by atoms with E-state index in [4.69, 9.17) is 11.6 Å². The smallest absolute Gasteiger partial charge is 0.229 e. The Kier molecular flexibility index (Phi) is 4.24. The Morgan fingerprint density at radius 3 is 2.56 bits per heavy atom. The van der Waals surface area contributed by atoms with E-state index in [1.165, 1.54) is 28.8 Å². The predicted octanol–water partition coefficient (Wildman–Crippen LogP) is 2.72. The average molecular weight is 288 g/mol. The Bertz CT molecular complexity index is 479. The fourth-order valence-corrected chi connectivity index (χ4v) is 2.81. The van der Waals surface area contributed by atoms with Crippen LogP contribution in [0.5, 0.6) is 0 Å². The molecule has 6 heteroatoms. The minimum Gasteiger partial charge on any atom is -0.282 e. The van der Waals surface area contributed by atoms with Crippen molar-refractivity contribution in [2.45, 2.75) is 17.7 Å². The van der Waals surface area contributed by atoms with Crippen molar-refractivity contribution in [1.29, 1.82) is 0 Å². The summed E-state index contributed by atoms with van der Waals surface area (Å²) in [5.74, 6) is -0.0965. The monoisotopic (exact) mass is 287 g/mol. The van der Waals surface area contributed by atoms with Crippen molar-refractivity contribution >= 4 is 35.2 Å². The molecule has 1 heterocycles. The molecular formula is C12H11ClFNO2S. The summed E-state index contributed by atoms with van der Waals surface area (Å²) in [5.41, 5.74) is 0. The van der Waals surface area contributed by atoms with E-state index in [0.29, 0.717) is 25.1 Å². The van der Waals surface area contributed by atoms with Crippen molar-refractivity contribution in [3.63, 3.8) is 0 Å². The highest BCUT2D eigenvalue weighted by atomic mass is 35.5. The highest BCUT2D eigenvalue weighted by molar-refractivity contribution is 7.99. The van der Waals surface area contributed by atoms with Gasteiger partial charge in [-0.05, 0) is 18.2 Å². The molecule has 1 aliphatic rings. The standard InChI is InChI=1S/C12H11ClFNO2S/c13-9-7-8(1-2-10(9)14)18-6-5-15-11(16)3-4-12(15)17/h1-2,7H,3-6H2. The molecule has 0 saturated carbocycles. The van der Waals surface area contributed by atoms with Crippen LogP contribution in [-0.2, 0) is 9.59 Å². The molecule has 96 valence electrons. The van der Waals surface area contributed by atoms with Gasteiger partial charge in [0.1, 0.15) is 5.82 Å². The van der Waals surface area contributed by atoms with Crippen LogP contribution in [0.3, 0.4) is 0 Å². The number of nitrogens with zero attached hydrogens (tertiary/aromatic N) is 1. The van der Waals surface area contributed by atoms with Gasteiger partial charge in [0.05, 0.1) is 5.02 Å². The Hall–Kier alpha value is -1.07. The van der Waals surface area contributed by atoms with Gasteiger partial charge in [0, 0.05) is 30.0 Å². The molecule has 0 atom stereocenters. The average Bonchev–Trinajstić information content (AvgIpc) is 2.65. The highest BCUT2D eigenvalue weighted by Gasteiger charge is 2.27. The number of rotatable bonds is 4. The molecule has 0 bridgehead atoms. The molecule has 0 unspecified atom stereocenters. The van der Waals surface area contributed by atoms with E-state index in [2.05, 4.69) is 0 Å². The molecule has 0 spiro atoms. The first-order chi connectivity index (χ1) is 8.58. The van der Waals surface area contributed by atoms with Crippen molar-refractivity contribution in [2.24, 2.45) is 0 Å². The molecular weight excluding hydrogens is 277 g/mol. The van der Waals surface area contributed by atoms with Gasteiger partial charge in [-0.15, -0.1) is 11.8 Å². The van der Waals surface area contributed by atoms with E-state index < -0.39 is 5.82 Å². The summed E-state index contributed by atoms with van der Waals surface area (Å²) in [4.78, 5) is 24.8. The Labute approximate surface area is 113 Å². The summed E-state index contributed by atoms with van der Waals surface area (Å²) in [5, 5.41) is 0.0772. The van der Waals surface area contributed by atoms with Gasteiger partial charge in [-0.1, -0.05) is 11.6 Å². The van der Waals surface area contributed by atoms with Gasteiger partial charge in [-0.2, -0.15) is 0 Å². The number of hydrogen-bond acceptors (Lipinski definition) is 3. The van der Waals surface area contributed by atoms with E-state index in [-0.39, 0.29) is 16.8 Å². The number of benzene rings is 1. The number of amides is 2. The zero-order valence-corrected chi connectivity index (χ0v) is 11.1. The first kappa shape index (κ1) is 13.4. The number of hydrogen-bond donors (Lipinski definition) is 0. The van der Waals surface area contributed by atoms with E-state index in [0.717, 1.165) is 4.90 Å². The Morgan fingerprint density at radius 2 is 1.94 bits per heavy atom. The molecule has 0 radical (unpaired) electrons. The van der Waals surface area contributed by atoms with E-state index in [1.54, 1.807) is 6.07 Å². The maximum atomic E-state index is 12.9. The number of halogens is 2. The zero-order valence-electron chi connectivity index (χ0n) is 9.49. The van der Waals surface area contributed by atoms with E-state index in [9.17, 15) is 14.0 Å². The van der Waals surface area contributed by atoms with Gasteiger partial charge in [-0.25, -0.2) is 4.39 Å². The number of carbonyl (C=O) groups is 2. The maximum Gasteiger partial charge on any atom is 0.229 e. The zero-order chi connectivity index (χ0) is 13.1. The van der Waals surface area contributed by atoms with Crippen LogP contribution in [0.1, 0.15) is 12.8 Å². The van der Waals surface area contributed by atoms with Gasteiger partial charge in [-0.3, -0.25) is 14.5 Å². The van der Waals surface area contributed by atoms with E-state index >= 15 is 0 Å². The first-order valence-electron chi connectivity index (χ1n) is 5.49. The third-order valence-corrected chi connectivity index (χ3v) is 3.89. The van der Waals surface area contributed by atoms with Gasteiger partial charge in [0.15, 0.2) is 0 Å². The quantitative estimate of drug-likeness (QED) is 0.631. The molecule has 0 aromatic heterocycles. The summed E-state index contributed by atoms with van der Waals surface area (Å²) < 4.78 is 12.9. The third-order valence-electron chi connectivity index (χ3n) is 2.63. The number of carbonyl (C=O) groups excluding carboxylic acids is 2. The minimum atomic E-state index is -0.453. The lowest BCUT2D eigenvalue weighted by Gasteiger charge is -2.13. The number of imide groups is 1. The lowest BCUT2D eigenvalue weighted by atomic mass is 10.3. The molecule has 18 heavy (non-hydrogen) atoms. The molecule has 1 aromatic rings. The summed E-state index contributed by atoms with van der Waals surface area (Å²) in [7, 11) is 0. The summed E-state index contributed by atoms with van der Waals surface area (Å²) in [6.07, 6.45) is 0.623. The molecule has 2 rings (SSSR count). The summed E-state index contributed by atoms with van der Waals surface area (Å²) >= 11 is 7.10. The minimum absolute atomic E-state index is 0.0772. The second-order valence-electron chi connectivity index (χ2n) is 3.86. The van der Waals surface area contributed by atoms with Crippen LogP contribution in [-0.4, -0.2) is 29.0 Å². The van der Waals surface area contributed by atoms with Gasteiger partial charge >= 0.3 is 0 Å². The van der Waals surface area contributed by atoms with E-state index in [1.807, 2.05) is 0 Å². The van der Waals surface area contributed by atoms with Crippen LogP contribution in [0, 0.1) is 5.82 Å². The van der Waals surface area contributed by atoms with Gasteiger partial charge in [0.2, 0.25) is 11.8 Å². The van der Waals surface area contributed by atoms with Crippen LogP contribution in [0.15, 0.2) is 23.1 Å². The fourth-order valence-electron chi connectivity index (χ4n) is 1.69. The van der Waals surface area contributed by atoms with Crippen LogP contribution in [0.2, 0.25) is 5.02 Å². The molecule has 2 amide bonds. The summed E-state index contributed by atoms with van der Waals surface area (Å²) in [6.45, 7) is 0.386. The van der Waals surface area contributed by atoms with Crippen molar-refractivity contribution in [3.8, 4) is 0 Å². The number of thioether (sulfide) groups is 1. The van der Waals surface area contributed by atoms with Crippen molar-refractivity contribution < 1.29 is 14.0 Å². The van der Waals surface area contributed by atoms with Crippen LogP contribution >= 0.6 is 23.4 Å². The van der Waals surface area contributed by atoms with Crippen LogP contribution < -0.4 is 0 Å². The molecule has 1 saturated heterocycles. The van der Waals surface area contributed by atoms with Crippen molar-refractivity contribution in [2.75, 3.05) is 12.3 Å². The topological polar surface area (TPSA) is 37.4 Å². The van der Waals surface area contributed by atoms with Crippen LogP contribution in [0.4, 0.5) is 4.39 Å². The highest BCUT2D eigenvalue weighted by Crippen LogP contribution is 2.24. The normalized spacial score (nSPS) is 15.6.